The predicted octanol–water partition coefficient (Wildman–Crippen LogP) is 1.57. The summed E-state index contributed by atoms with van der Waals surface area (Å²) in [6.45, 7) is 2.37. The number of hydrogen-bond acceptors (Lipinski definition) is 3. The average Bonchev–Trinajstić information content (AvgIpc) is 2.96. The number of methoxy groups -OCH3 is 1. The summed E-state index contributed by atoms with van der Waals surface area (Å²) in [4.78, 5) is 26.7. The van der Waals surface area contributed by atoms with Crippen LogP contribution >= 0.6 is 0 Å². The molecule has 4 N–H and O–H groups in total. The van der Waals surface area contributed by atoms with Gasteiger partial charge in [-0.15, -0.1) is 0 Å². The van der Waals surface area contributed by atoms with E-state index in [1.165, 1.54) is 0 Å². The number of carbonyl (C=O) groups excluding carboxylic acids is 2. The smallest absolute Gasteiger partial charge is 0.314 e. The summed E-state index contributed by atoms with van der Waals surface area (Å²) in [5, 5.41) is 8.84. The molecule has 2 aromatic rings. The van der Waals surface area contributed by atoms with Crippen LogP contribution in [0.25, 0.3) is 10.9 Å². The van der Waals surface area contributed by atoms with Crippen molar-refractivity contribution in [1.82, 2.24) is 20.9 Å². The number of hydrogen-bond donors (Lipinski definition) is 4. The van der Waals surface area contributed by atoms with Crippen LogP contribution in [-0.4, -0.2) is 44.7 Å². The predicted molar refractivity (Wildman–Crippen MR) is 89.1 cm³/mol. The topological polar surface area (TPSA) is 95.3 Å². The van der Waals surface area contributed by atoms with E-state index in [2.05, 4.69) is 20.9 Å². The van der Waals surface area contributed by atoms with Gasteiger partial charge in [0.25, 0.3) is 5.91 Å². The minimum atomic E-state index is -0.254. The summed E-state index contributed by atoms with van der Waals surface area (Å²) in [7, 11) is 4.75. The number of urea groups is 1. The molecule has 124 valence electrons. The minimum absolute atomic E-state index is 0.0551. The molecule has 1 aromatic carbocycles. The van der Waals surface area contributed by atoms with Gasteiger partial charge >= 0.3 is 6.03 Å². The fourth-order valence-electron chi connectivity index (χ4n) is 2.57. The lowest BCUT2D eigenvalue weighted by atomic mass is 9.97. The first-order valence-corrected chi connectivity index (χ1v) is 7.39. The van der Waals surface area contributed by atoms with E-state index in [-0.39, 0.29) is 17.9 Å². The SMILES string of the molecule is CNC(=O)NCC(C)c1c(C(=O)NC)[nH]c2ccc(OC)cc12. The lowest BCUT2D eigenvalue weighted by molar-refractivity contribution is 0.0957. The second-order valence-corrected chi connectivity index (χ2v) is 5.27. The molecular formula is C16H22N4O3. The van der Waals surface area contributed by atoms with Crippen molar-refractivity contribution < 1.29 is 14.3 Å². The molecular weight excluding hydrogens is 296 g/mol. The van der Waals surface area contributed by atoms with Crippen LogP contribution in [0.15, 0.2) is 18.2 Å². The largest absolute Gasteiger partial charge is 0.497 e. The molecule has 1 atom stereocenters. The summed E-state index contributed by atoms with van der Waals surface area (Å²) < 4.78 is 5.27. The fourth-order valence-corrected chi connectivity index (χ4v) is 2.57. The summed E-state index contributed by atoms with van der Waals surface area (Å²) in [5.74, 6) is 0.468. The number of aromatic amines is 1. The van der Waals surface area contributed by atoms with E-state index in [4.69, 9.17) is 4.74 Å². The van der Waals surface area contributed by atoms with Crippen molar-refractivity contribution >= 4 is 22.8 Å². The Morgan fingerprint density at radius 3 is 2.61 bits per heavy atom. The van der Waals surface area contributed by atoms with Gasteiger partial charge < -0.3 is 25.7 Å². The van der Waals surface area contributed by atoms with Gasteiger partial charge in [0.2, 0.25) is 0 Å². The van der Waals surface area contributed by atoms with Crippen LogP contribution in [0.5, 0.6) is 5.75 Å². The summed E-state index contributed by atoms with van der Waals surface area (Å²) in [6.07, 6.45) is 0. The number of benzene rings is 1. The molecule has 1 aromatic heterocycles. The Kier molecular flexibility index (Phi) is 5.10. The van der Waals surface area contributed by atoms with Crippen LogP contribution in [0, 0.1) is 0 Å². The Balaban J connectivity index is 2.48. The van der Waals surface area contributed by atoms with E-state index in [1.807, 2.05) is 25.1 Å². The third kappa shape index (κ3) is 3.39. The maximum atomic E-state index is 12.2. The second-order valence-electron chi connectivity index (χ2n) is 5.27. The Bertz CT molecular complexity index is 723. The van der Waals surface area contributed by atoms with Crippen LogP contribution in [0.3, 0.4) is 0 Å². The standard InChI is InChI=1S/C16H22N4O3/c1-9(8-19-16(22)18-3)13-11-7-10(23-4)5-6-12(11)20-14(13)15(21)17-2/h5-7,9,20H,8H2,1-4H3,(H,17,21)(H2,18,19,22). The Labute approximate surface area is 134 Å². The quantitative estimate of drug-likeness (QED) is 0.674. The first kappa shape index (κ1) is 16.7. The number of fused-ring (bicyclic) bond motifs is 1. The van der Waals surface area contributed by atoms with Gasteiger partial charge in [0.1, 0.15) is 11.4 Å². The highest BCUT2D eigenvalue weighted by molar-refractivity contribution is 6.01. The molecule has 0 saturated heterocycles. The maximum absolute atomic E-state index is 12.2. The van der Waals surface area contributed by atoms with Crippen LogP contribution in [0.2, 0.25) is 0 Å². The highest BCUT2D eigenvalue weighted by Crippen LogP contribution is 2.31. The van der Waals surface area contributed by atoms with Crippen LogP contribution < -0.4 is 20.7 Å². The Hall–Kier alpha value is -2.70. The summed E-state index contributed by atoms with van der Waals surface area (Å²) >= 11 is 0. The molecule has 7 nitrogen and oxygen atoms in total. The molecule has 0 bridgehead atoms. The van der Waals surface area contributed by atoms with Gasteiger partial charge in [-0.25, -0.2) is 4.79 Å². The first-order valence-electron chi connectivity index (χ1n) is 7.39. The number of amides is 3. The van der Waals surface area contributed by atoms with Gasteiger partial charge in [-0.3, -0.25) is 4.79 Å². The third-order valence-electron chi connectivity index (χ3n) is 3.79. The number of aromatic nitrogens is 1. The van der Waals surface area contributed by atoms with Crippen molar-refractivity contribution in [2.24, 2.45) is 0 Å². The van der Waals surface area contributed by atoms with Gasteiger partial charge in [-0.1, -0.05) is 6.92 Å². The zero-order chi connectivity index (χ0) is 17.0. The molecule has 23 heavy (non-hydrogen) atoms. The van der Waals surface area contributed by atoms with Gasteiger partial charge in [0, 0.05) is 37.5 Å². The zero-order valence-electron chi connectivity index (χ0n) is 13.7. The number of nitrogens with one attached hydrogen (secondary N) is 4. The first-order chi connectivity index (χ1) is 11.0. The van der Waals surface area contributed by atoms with Crippen molar-refractivity contribution in [3.05, 3.63) is 29.5 Å². The molecule has 0 fully saturated rings. The molecule has 2 rings (SSSR count). The summed E-state index contributed by atoms with van der Waals surface area (Å²) in [6, 6.07) is 5.35. The van der Waals surface area contributed by atoms with E-state index in [1.54, 1.807) is 21.2 Å². The van der Waals surface area contributed by atoms with E-state index in [9.17, 15) is 9.59 Å². The maximum Gasteiger partial charge on any atom is 0.314 e. The van der Waals surface area contributed by atoms with E-state index < -0.39 is 0 Å². The Morgan fingerprint density at radius 2 is 2.00 bits per heavy atom. The summed E-state index contributed by atoms with van der Waals surface area (Å²) in [5.41, 5.74) is 2.21. The van der Waals surface area contributed by atoms with E-state index in [0.29, 0.717) is 18.0 Å². The molecule has 0 spiro atoms. The minimum Gasteiger partial charge on any atom is -0.497 e. The molecule has 7 heteroatoms. The molecule has 1 heterocycles. The second kappa shape index (κ2) is 7.04. The molecule has 0 radical (unpaired) electrons. The van der Waals surface area contributed by atoms with E-state index >= 15 is 0 Å². The number of H-pyrrole nitrogens is 1. The van der Waals surface area contributed by atoms with Crippen molar-refractivity contribution in [2.45, 2.75) is 12.8 Å². The van der Waals surface area contributed by atoms with Crippen LogP contribution in [0.4, 0.5) is 4.79 Å². The molecule has 3 amide bonds. The van der Waals surface area contributed by atoms with Crippen LogP contribution in [-0.2, 0) is 0 Å². The third-order valence-corrected chi connectivity index (χ3v) is 3.79. The fraction of sp³-hybridized carbons (Fsp3) is 0.375. The molecule has 0 saturated carbocycles. The normalized spacial score (nSPS) is 11.8. The van der Waals surface area contributed by atoms with E-state index in [0.717, 1.165) is 16.5 Å². The highest BCUT2D eigenvalue weighted by Gasteiger charge is 2.22. The molecule has 0 aliphatic heterocycles. The molecule has 0 aliphatic carbocycles. The monoisotopic (exact) mass is 318 g/mol. The number of rotatable bonds is 5. The number of ether oxygens (including phenoxy) is 1. The average molecular weight is 318 g/mol. The van der Waals surface area contributed by atoms with Gasteiger partial charge in [0.05, 0.1) is 7.11 Å². The van der Waals surface area contributed by atoms with Crippen LogP contribution in [0.1, 0.15) is 28.9 Å². The van der Waals surface area contributed by atoms with Crippen molar-refractivity contribution in [1.29, 1.82) is 0 Å². The van der Waals surface area contributed by atoms with Gasteiger partial charge in [0.15, 0.2) is 0 Å². The van der Waals surface area contributed by atoms with Crippen molar-refractivity contribution in [3.63, 3.8) is 0 Å². The van der Waals surface area contributed by atoms with Crippen molar-refractivity contribution in [3.8, 4) is 5.75 Å². The lowest BCUT2D eigenvalue weighted by Gasteiger charge is -2.14. The Morgan fingerprint density at radius 1 is 1.26 bits per heavy atom. The zero-order valence-corrected chi connectivity index (χ0v) is 13.7. The highest BCUT2D eigenvalue weighted by atomic mass is 16.5. The van der Waals surface area contributed by atoms with Gasteiger partial charge in [-0.05, 0) is 23.8 Å². The number of carbonyl (C=O) groups is 2. The molecule has 1 unspecified atom stereocenters. The van der Waals surface area contributed by atoms with Gasteiger partial charge in [-0.2, -0.15) is 0 Å². The van der Waals surface area contributed by atoms with Crippen molar-refractivity contribution in [2.75, 3.05) is 27.7 Å². The lowest BCUT2D eigenvalue weighted by Crippen LogP contribution is -2.35. The molecule has 0 aliphatic rings.